The quantitative estimate of drug-likeness (QED) is 0.813. The zero-order valence-electron chi connectivity index (χ0n) is 11.5. The van der Waals surface area contributed by atoms with E-state index >= 15 is 0 Å². The van der Waals surface area contributed by atoms with Gasteiger partial charge < -0.3 is 11.1 Å². The number of hydrogen-bond donors (Lipinski definition) is 2. The summed E-state index contributed by atoms with van der Waals surface area (Å²) in [6, 6.07) is 5.38. The van der Waals surface area contributed by atoms with Gasteiger partial charge in [0.1, 0.15) is 0 Å². The van der Waals surface area contributed by atoms with Crippen LogP contribution in [0.15, 0.2) is 18.2 Å². The molecule has 1 aliphatic carbocycles. The lowest BCUT2D eigenvalue weighted by Crippen LogP contribution is -2.40. The molecule has 1 saturated carbocycles. The number of nitrogens with two attached hydrogens (primary N) is 1. The Balaban J connectivity index is 2.07. The number of hydrogen-bond acceptors (Lipinski definition) is 2. The second-order valence-corrected chi connectivity index (χ2v) is 6.54. The number of anilines is 1. The summed E-state index contributed by atoms with van der Waals surface area (Å²) in [6.45, 7) is 4.50. The van der Waals surface area contributed by atoms with Crippen LogP contribution < -0.4 is 11.1 Å². The second kappa shape index (κ2) is 5.41. The summed E-state index contributed by atoms with van der Waals surface area (Å²) in [4.78, 5) is 12.2. The van der Waals surface area contributed by atoms with Crippen molar-refractivity contribution in [3.8, 4) is 0 Å². The lowest BCUT2D eigenvalue weighted by molar-refractivity contribution is 0.0903. The molecule has 0 saturated heterocycles. The highest BCUT2D eigenvalue weighted by molar-refractivity contribution is 6.33. The molecule has 104 valence electrons. The summed E-state index contributed by atoms with van der Waals surface area (Å²) in [7, 11) is 0. The zero-order valence-corrected chi connectivity index (χ0v) is 12.3. The zero-order chi connectivity index (χ0) is 14.0. The molecule has 1 aromatic carbocycles. The van der Waals surface area contributed by atoms with Crippen molar-refractivity contribution < 1.29 is 4.79 Å². The monoisotopic (exact) mass is 280 g/mol. The highest BCUT2D eigenvalue weighted by Gasteiger charge is 2.29. The minimum absolute atomic E-state index is 0.122. The maximum atomic E-state index is 12.2. The van der Waals surface area contributed by atoms with Crippen LogP contribution >= 0.6 is 11.6 Å². The summed E-state index contributed by atoms with van der Waals surface area (Å²) in [5.74, 6) is -0.122. The molecule has 2 rings (SSSR count). The maximum absolute atomic E-state index is 12.2. The van der Waals surface area contributed by atoms with E-state index in [-0.39, 0.29) is 11.9 Å². The molecule has 1 aliphatic rings. The first-order chi connectivity index (χ1) is 8.89. The number of carbonyl (C=O) groups is 1. The van der Waals surface area contributed by atoms with Crippen molar-refractivity contribution in [2.24, 2.45) is 5.41 Å². The number of halogens is 1. The smallest absolute Gasteiger partial charge is 0.253 e. The Morgan fingerprint density at radius 3 is 2.89 bits per heavy atom. The van der Waals surface area contributed by atoms with E-state index in [4.69, 9.17) is 17.3 Å². The van der Waals surface area contributed by atoms with Crippen molar-refractivity contribution in [1.29, 1.82) is 0 Å². The molecule has 0 aliphatic heterocycles. The Bertz CT molecular complexity index is 485. The highest BCUT2D eigenvalue weighted by atomic mass is 35.5. The Kier molecular flexibility index (Phi) is 4.04. The third-order valence-corrected chi connectivity index (χ3v) is 4.17. The van der Waals surface area contributed by atoms with Gasteiger partial charge in [0, 0.05) is 6.04 Å². The number of nitrogens with one attached hydrogen (secondary N) is 1. The summed E-state index contributed by atoms with van der Waals surface area (Å²) in [5, 5.41) is 3.51. The van der Waals surface area contributed by atoms with Crippen molar-refractivity contribution in [3.63, 3.8) is 0 Å². The molecule has 0 spiro atoms. The van der Waals surface area contributed by atoms with Gasteiger partial charge >= 0.3 is 0 Å². The molecule has 3 nitrogen and oxygen atoms in total. The van der Waals surface area contributed by atoms with Gasteiger partial charge in [0.15, 0.2) is 0 Å². The summed E-state index contributed by atoms with van der Waals surface area (Å²) < 4.78 is 0. The molecule has 1 fully saturated rings. The molecule has 4 heteroatoms. The van der Waals surface area contributed by atoms with E-state index in [1.54, 1.807) is 18.2 Å². The van der Waals surface area contributed by atoms with Gasteiger partial charge in [-0.3, -0.25) is 4.79 Å². The van der Waals surface area contributed by atoms with Gasteiger partial charge in [-0.2, -0.15) is 0 Å². The van der Waals surface area contributed by atoms with Gasteiger partial charge in [-0.15, -0.1) is 0 Å². The molecule has 0 aromatic heterocycles. The number of amides is 1. The predicted octanol–water partition coefficient (Wildman–Crippen LogP) is 3.62. The molecule has 0 bridgehead atoms. The van der Waals surface area contributed by atoms with Crippen molar-refractivity contribution in [1.82, 2.24) is 5.32 Å². The lowest BCUT2D eigenvalue weighted by atomic mass is 9.75. The first kappa shape index (κ1) is 14.2. The molecular weight excluding hydrogens is 260 g/mol. The molecule has 0 radical (unpaired) electrons. The van der Waals surface area contributed by atoms with Crippen LogP contribution in [0.2, 0.25) is 5.02 Å². The van der Waals surface area contributed by atoms with E-state index in [2.05, 4.69) is 19.2 Å². The topological polar surface area (TPSA) is 55.1 Å². The van der Waals surface area contributed by atoms with Crippen LogP contribution in [0.3, 0.4) is 0 Å². The Labute approximate surface area is 119 Å². The van der Waals surface area contributed by atoms with Crippen LogP contribution in [-0.4, -0.2) is 11.9 Å². The largest absolute Gasteiger partial charge is 0.397 e. The summed E-state index contributed by atoms with van der Waals surface area (Å²) in [5.41, 5.74) is 6.98. The number of para-hydroxylation sites is 1. The number of rotatable bonds is 2. The molecule has 19 heavy (non-hydrogen) atoms. The minimum atomic E-state index is -0.122. The van der Waals surface area contributed by atoms with Crippen LogP contribution in [-0.2, 0) is 0 Å². The van der Waals surface area contributed by atoms with Crippen LogP contribution in [0.4, 0.5) is 5.69 Å². The molecule has 1 amide bonds. The van der Waals surface area contributed by atoms with Crippen molar-refractivity contribution >= 4 is 23.2 Å². The van der Waals surface area contributed by atoms with Crippen molar-refractivity contribution in [2.75, 3.05) is 5.73 Å². The number of carbonyl (C=O) groups excluding carboxylic acids is 1. The van der Waals surface area contributed by atoms with E-state index in [0.29, 0.717) is 21.7 Å². The van der Waals surface area contributed by atoms with E-state index in [0.717, 1.165) is 19.3 Å². The van der Waals surface area contributed by atoms with Crippen molar-refractivity contribution in [2.45, 2.75) is 45.6 Å². The van der Waals surface area contributed by atoms with E-state index < -0.39 is 0 Å². The van der Waals surface area contributed by atoms with Gasteiger partial charge in [0.25, 0.3) is 5.91 Å². The standard InChI is InChI=1S/C15H21ClN2O/c1-15(2)8-4-5-10(9-15)18-14(19)11-6-3-7-12(16)13(11)17/h3,6-7,10H,4-5,8-9,17H2,1-2H3,(H,18,19). The number of benzene rings is 1. The minimum Gasteiger partial charge on any atom is -0.397 e. The Morgan fingerprint density at radius 2 is 2.21 bits per heavy atom. The van der Waals surface area contributed by atoms with Crippen LogP contribution in [0.25, 0.3) is 0 Å². The Hall–Kier alpha value is -1.22. The van der Waals surface area contributed by atoms with Crippen LogP contribution in [0.5, 0.6) is 0 Å². The predicted molar refractivity (Wildman–Crippen MR) is 79.4 cm³/mol. The van der Waals surface area contributed by atoms with Crippen LogP contribution in [0.1, 0.15) is 49.9 Å². The van der Waals surface area contributed by atoms with Gasteiger partial charge in [0.05, 0.1) is 16.3 Å². The van der Waals surface area contributed by atoms with Crippen molar-refractivity contribution in [3.05, 3.63) is 28.8 Å². The highest BCUT2D eigenvalue weighted by Crippen LogP contribution is 2.35. The summed E-state index contributed by atoms with van der Waals surface area (Å²) >= 11 is 5.94. The van der Waals surface area contributed by atoms with Gasteiger partial charge in [-0.05, 0) is 36.8 Å². The normalized spacial score (nSPS) is 21.9. The maximum Gasteiger partial charge on any atom is 0.253 e. The van der Waals surface area contributed by atoms with Crippen LogP contribution in [0, 0.1) is 5.41 Å². The van der Waals surface area contributed by atoms with E-state index in [1.807, 2.05) is 0 Å². The second-order valence-electron chi connectivity index (χ2n) is 6.13. The SMILES string of the molecule is CC1(C)CCCC(NC(=O)c2cccc(Cl)c2N)C1. The molecule has 3 N–H and O–H groups in total. The number of nitrogen functional groups attached to an aromatic ring is 1. The molecule has 1 atom stereocenters. The van der Waals surface area contributed by atoms with Gasteiger partial charge in [-0.1, -0.05) is 37.9 Å². The molecule has 0 heterocycles. The lowest BCUT2D eigenvalue weighted by Gasteiger charge is -2.35. The first-order valence-corrected chi connectivity index (χ1v) is 7.12. The molecular formula is C15H21ClN2O. The van der Waals surface area contributed by atoms with Gasteiger partial charge in [-0.25, -0.2) is 0 Å². The third kappa shape index (κ3) is 3.41. The average molecular weight is 281 g/mol. The third-order valence-electron chi connectivity index (χ3n) is 3.84. The van der Waals surface area contributed by atoms with E-state index in [9.17, 15) is 4.79 Å². The fraction of sp³-hybridized carbons (Fsp3) is 0.533. The fourth-order valence-corrected chi connectivity index (χ4v) is 2.99. The molecule has 1 unspecified atom stereocenters. The summed E-state index contributed by atoms with van der Waals surface area (Å²) in [6.07, 6.45) is 4.43. The fourth-order valence-electron chi connectivity index (χ4n) is 2.82. The average Bonchev–Trinajstić information content (AvgIpc) is 2.31. The first-order valence-electron chi connectivity index (χ1n) is 6.74. The Morgan fingerprint density at radius 1 is 1.47 bits per heavy atom. The van der Waals surface area contributed by atoms with Gasteiger partial charge in [0.2, 0.25) is 0 Å². The molecule has 1 aromatic rings. The van der Waals surface area contributed by atoms with E-state index in [1.165, 1.54) is 6.42 Å².